The molecule has 1 heterocycles. The van der Waals surface area contributed by atoms with E-state index in [-0.39, 0.29) is 0 Å². The first kappa shape index (κ1) is 12.5. The van der Waals surface area contributed by atoms with Crippen LogP contribution in [0.4, 0.5) is 0 Å². The van der Waals surface area contributed by atoms with E-state index >= 15 is 0 Å². The Labute approximate surface area is 127 Å². The monoisotopic (exact) mass is 289 g/mol. The third kappa shape index (κ3) is 2.12. The molecule has 4 aromatic rings. The largest absolute Gasteiger partial charge is 0.236 e. The normalized spacial score (nSPS) is 11.3. The van der Waals surface area contributed by atoms with Gasteiger partial charge in [0.15, 0.2) is 0 Å². The summed E-state index contributed by atoms with van der Waals surface area (Å²) >= 11 is 1.78. The minimum atomic E-state index is 1.10. The number of hydrogen-bond acceptors (Lipinski definition) is 2. The third-order valence-electron chi connectivity index (χ3n) is 3.83. The molecule has 0 amide bonds. The van der Waals surface area contributed by atoms with Gasteiger partial charge in [0.05, 0.1) is 10.2 Å². The number of nitrogens with zero attached hydrogens (tertiary/aromatic N) is 1. The first-order valence-electron chi connectivity index (χ1n) is 7.08. The van der Waals surface area contributed by atoms with Crippen molar-refractivity contribution < 1.29 is 0 Å². The van der Waals surface area contributed by atoms with Crippen LogP contribution in [0.3, 0.4) is 0 Å². The lowest BCUT2D eigenvalue weighted by atomic mass is 10.1. The van der Waals surface area contributed by atoms with E-state index in [0.29, 0.717) is 0 Å². The van der Waals surface area contributed by atoms with E-state index in [1.54, 1.807) is 11.3 Å². The Kier molecular flexibility index (Phi) is 2.79. The van der Waals surface area contributed by atoms with Crippen LogP contribution < -0.4 is 0 Å². The number of benzene rings is 3. The fraction of sp³-hybridized carbons (Fsp3) is 0.105. The average Bonchev–Trinajstić information content (AvgIpc) is 2.91. The first-order valence-corrected chi connectivity index (χ1v) is 7.89. The van der Waals surface area contributed by atoms with Gasteiger partial charge in [0, 0.05) is 5.56 Å². The van der Waals surface area contributed by atoms with Gasteiger partial charge in [0.1, 0.15) is 5.01 Å². The Morgan fingerprint density at radius 2 is 1.67 bits per heavy atom. The zero-order valence-electron chi connectivity index (χ0n) is 12.1. The molecule has 1 nitrogen and oxygen atoms in total. The topological polar surface area (TPSA) is 12.9 Å². The van der Waals surface area contributed by atoms with Gasteiger partial charge >= 0.3 is 0 Å². The van der Waals surface area contributed by atoms with Gasteiger partial charge in [-0.15, -0.1) is 11.3 Å². The maximum atomic E-state index is 4.85. The quantitative estimate of drug-likeness (QED) is 0.436. The Bertz CT molecular complexity index is 966. The highest BCUT2D eigenvalue weighted by Crippen LogP contribution is 2.33. The Hall–Kier alpha value is -2.19. The van der Waals surface area contributed by atoms with Crippen molar-refractivity contribution in [3.05, 3.63) is 65.7 Å². The predicted octanol–water partition coefficient (Wildman–Crippen LogP) is 5.73. The van der Waals surface area contributed by atoms with E-state index in [0.717, 1.165) is 10.5 Å². The lowest BCUT2D eigenvalue weighted by molar-refractivity contribution is 1.38. The van der Waals surface area contributed by atoms with Crippen LogP contribution in [0.2, 0.25) is 0 Å². The molecule has 0 aliphatic rings. The molecule has 4 rings (SSSR count). The molecule has 0 spiro atoms. The lowest BCUT2D eigenvalue weighted by Crippen LogP contribution is -1.80. The molecule has 1 aromatic heterocycles. The van der Waals surface area contributed by atoms with Gasteiger partial charge in [-0.05, 0) is 47.9 Å². The summed E-state index contributed by atoms with van der Waals surface area (Å²) in [5, 5.41) is 3.64. The first-order chi connectivity index (χ1) is 10.2. The van der Waals surface area contributed by atoms with Gasteiger partial charge in [0.25, 0.3) is 0 Å². The van der Waals surface area contributed by atoms with Crippen molar-refractivity contribution in [1.82, 2.24) is 4.98 Å². The van der Waals surface area contributed by atoms with Crippen LogP contribution in [0.5, 0.6) is 0 Å². The van der Waals surface area contributed by atoms with E-state index in [9.17, 15) is 0 Å². The molecule has 0 saturated carbocycles. The van der Waals surface area contributed by atoms with Gasteiger partial charge in [-0.25, -0.2) is 4.98 Å². The second-order valence-electron chi connectivity index (χ2n) is 5.51. The second-order valence-corrected chi connectivity index (χ2v) is 6.54. The highest BCUT2D eigenvalue weighted by atomic mass is 32.1. The van der Waals surface area contributed by atoms with Crippen molar-refractivity contribution in [2.75, 3.05) is 0 Å². The minimum Gasteiger partial charge on any atom is -0.236 e. The Morgan fingerprint density at radius 3 is 2.52 bits per heavy atom. The van der Waals surface area contributed by atoms with Gasteiger partial charge < -0.3 is 0 Å². The fourth-order valence-electron chi connectivity index (χ4n) is 2.82. The van der Waals surface area contributed by atoms with Crippen LogP contribution in [-0.2, 0) is 0 Å². The fourth-order valence-corrected chi connectivity index (χ4v) is 3.95. The SMILES string of the molecule is Cc1cc(C)c2nc(-c3ccc4ccccc4c3)sc2c1. The van der Waals surface area contributed by atoms with Crippen molar-refractivity contribution in [1.29, 1.82) is 0 Å². The van der Waals surface area contributed by atoms with Crippen molar-refractivity contribution in [2.24, 2.45) is 0 Å². The number of rotatable bonds is 1. The Balaban J connectivity index is 1.93. The molecular formula is C19H15NS. The molecule has 102 valence electrons. The van der Waals surface area contributed by atoms with Gasteiger partial charge in [-0.3, -0.25) is 0 Å². The molecule has 3 aromatic carbocycles. The zero-order valence-corrected chi connectivity index (χ0v) is 12.9. The standard InChI is InChI=1S/C19H15NS/c1-12-9-13(2)18-17(10-12)21-19(20-18)16-8-7-14-5-3-4-6-15(14)11-16/h3-11H,1-2H3. The highest BCUT2D eigenvalue weighted by molar-refractivity contribution is 7.21. The molecule has 0 fully saturated rings. The molecule has 21 heavy (non-hydrogen) atoms. The molecule has 0 aliphatic heterocycles. The van der Waals surface area contributed by atoms with Crippen molar-refractivity contribution in [3.8, 4) is 10.6 Å². The molecule has 0 atom stereocenters. The summed E-state index contributed by atoms with van der Waals surface area (Å²) in [6.45, 7) is 4.28. The number of hydrogen-bond donors (Lipinski definition) is 0. The predicted molar refractivity (Wildman–Crippen MR) is 92.0 cm³/mol. The van der Waals surface area contributed by atoms with Crippen molar-refractivity contribution in [3.63, 3.8) is 0 Å². The van der Waals surface area contributed by atoms with Crippen LogP contribution in [0.1, 0.15) is 11.1 Å². The maximum Gasteiger partial charge on any atom is 0.124 e. The molecule has 0 bridgehead atoms. The summed E-state index contributed by atoms with van der Waals surface area (Å²) in [6.07, 6.45) is 0. The Morgan fingerprint density at radius 1 is 0.857 bits per heavy atom. The summed E-state index contributed by atoms with van der Waals surface area (Å²) in [5.41, 5.74) is 4.89. The molecule has 0 saturated heterocycles. The van der Waals surface area contributed by atoms with E-state index in [4.69, 9.17) is 4.98 Å². The van der Waals surface area contributed by atoms with Crippen LogP contribution in [-0.4, -0.2) is 4.98 Å². The van der Waals surface area contributed by atoms with Crippen LogP contribution in [0.15, 0.2) is 54.6 Å². The summed E-state index contributed by atoms with van der Waals surface area (Å²) in [6, 6.07) is 19.5. The second kappa shape index (κ2) is 4.68. The molecular weight excluding hydrogens is 274 g/mol. The number of fused-ring (bicyclic) bond motifs is 2. The van der Waals surface area contributed by atoms with E-state index in [1.165, 1.54) is 32.2 Å². The summed E-state index contributed by atoms with van der Waals surface area (Å²) in [4.78, 5) is 4.85. The summed E-state index contributed by atoms with van der Waals surface area (Å²) < 4.78 is 1.27. The number of aromatic nitrogens is 1. The zero-order chi connectivity index (χ0) is 14.4. The lowest BCUT2D eigenvalue weighted by Gasteiger charge is -2.00. The van der Waals surface area contributed by atoms with E-state index in [2.05, 4.69) is 68.4 Å². The maximum absolute atomic E-state index is 4.85. The molecule has 0 unspecified atom stereocenters. The van der Waals surface area contributed by atoms with Crippen LogP contribution >= 0.6 is 11.3 Å². The third-order valence-corrected chi connectivity index (χ3v) is 4.88. The number of thiazole rings is 1. The summed E-state index contributed by atoms with van der Waals surface area (Å²) in [7, 11) is 0. The van der Waals surface area contributed by atoms with E-state index < -0.39 is 0 Å². The van der Waals surface area contributed by atoms with Gasteiger partial charge in [-0.2, -0.15) is 0 Å². The molecule has 2 heteroatoms. The van der Waals surface area contributed by atoms with E-state index in [1.807, 2.05) is 0 Å². The smallest absolute Gasteiger partial charge is 0.124 e. The van der Waals surface area contributed by atoms with Gasteiger partial charge in [-0.1, -0.05) is 42.5 Å². The van der Waals surface area contributed by atoms with Crippen molar-refractivity contribution >= 4 is 32.3 Å². The molecule has 0 N–H and O–H groups in total. The highest BCUT2D eigenvalue weighted by Gasteiger charge is 2.09. The van der Waals surface area contributed by atoms with Crippen LogP contribution in [0, 0.1) is 13.8 Å². The van der Waals surface area contributed by atoms with Crippen LogP contribution in [0.25, 0.3) is 31.6 Å². The van der Waals surface area contributed by atoms with Gasteiger partial charge in [0.2, 0.25) is 0 Å². The summed E-state index contributed by atoms with van der Waals surface area (Å²) in [5.74, 6) is 0. The minimum absolute atomic E-state index is 1.10. The van der Waals surface area contributed by atoms with Crippen molar-refractivity contribution in [2.45, 2.75) is 13.8 Å². The number of aryl methyl sites for hydroxylation is 2. The molecule has 0 aliphatic carbocycles. The average molecular weight is 289 g/mol. The molecule has 0 radical (unpaired) electrons.